The summed E-state index contributed by atoms with van der Waals surface area (Å²) in [5.74, 6) is 0.622. The maximum atomic E-state index is 5.52. The van der Waals surface area contributed by atoms with Gasteiger partial charge in [0.15, 0.2) is 5.60 Å². The van der Waals surface area contributed by atoms with Gasteiger partial charge in [0.05, 0.1) is 5.60 Å². The van der Waals surface area contributed by atoms with Gasteiger partial charge in [-0.1, -0.05) is 13.8 Å². The van der Waals surface area contributed by atoms with Gasteiger partial charge in [-0.2, -0.15) is 9.78 Å². The average molecular weight is 232 g/mol. The van der Waals surface area contributed by atoms with E-state index in [1.54, 1.807) is 0 Å². The van der Waals surface area contributed by atoms with Crippen molar-refractivity contribution in [3.05, 3.63) is 0 Å². The Labute approximate surface area is 98.1 Å². The van der Waals surface area contributed by atoms with Crippen LogP contribution in [0.2, 0.25) is 0 Å². The monoisotopic (exact) mass is 232 g/mol. The van der Waals surface area contributed by atoms with Crippen molar-refractivity contribution in [2.24, 2.45) is 5.92 Å². The summed E-state index contributed by atoms with van der Waals surface area (Å²) in [7, 11) is 0. The largest absolute Gasteiger partial charge is 0.256 e. The quantitative estimate of drug-likeness (QED) is 0.400. The summed E-state index contributed by atoms with van der Waals surface area (Å²) >= 11 is 0. The summed E-state index contributed by atoms with van der Waals surface area (Å²) in [5, 5.41) is 0. The molecule has 0 aromatic heterocycles. The van der Waals surface area contributed by atoms with Crippen LogP contribution in [0.1, 0.15) is 54.4 Å². The summed E-state index contributed by atoms with van der Waals surface area (Å²) in [5.41, 5.74) is -0.842. The van der Waals surface area contributed by atoms with Crippen molar-refractivity contribution in [1.82, 2.24) is 0 Å². The fourth-order valence-electron chi connectivity index (χ4n) is 1.23. The van der Waals surface area contributed by atoms with Crippen LogP contribution in [-0.2, 0) is 19.6 Å². The molecular weight excluding hydrogens is 208 g/mol. The van der Waals surface area contributed by atoms with Crippen LogP contribution in [0.25, 0.3) is 0 Å². The van der Waals surface area contributed by atoms with E-state index in [1.807, 2.05) is 27.7 Å². The molecule has 0 aliphatic carbocycles. The summed E-state index contributed by atoms with van der Waals surface area (Å²) < 4.78 is 0. The molecule has 1 aliphatic rings. The van der Waals surface area contributed by atoms with Gasteiger partial charge < -0.3 is 0 Å². The zero-order chi connectivity index (χ0) is 12.4. The third-order valence-corrected chi connectivity index (χ3v) is 2.39. The molecular formula is C12H24O4. The Bertz CT molecular complexity index is 218. The predicted octanol–water partition coefficient (Wildman–Crippen LogP) is 3.22. The van der Waals surface area contributed by atoms with E-state index in [1.165, 1.54) is 0 Å². The predicted molar refractivity (Wildman–Crippen MR) is 60.4 cm³/mol. The first-order valence-corrected chi connectivity index (χ1v) is 5.92. The fourth-order valence-corrected chi connectivity index (χ4v) is 1.23. The molecule has 0 N–H and O–H groups in total. The molecule has 0 spiro atoms. The van der Waals surface area contributed by atoms with Gasteiger partial charge in [0.2, 0.25) is 0 Å². The Hall–Kier alpha value is -0.160. The first-order chi connectivity index (χ1) is 7.23. The van der Waals surface area contributed by atoms with E-state index in [-0.39, 0.29) is 11.9 Å². The second-order valence-electron chi connectivity index (χ2n) is 6.05. The smallest absolute Gasteiger partial charge is 0.230 e. The van der Waals surface area contributed by atoms with E-state index >= 15 is 0 Å². The summed E-state index contributed by atoms with van der Waals surface area (Å²) in [6.07, 6.45) is 1.60. The summed E-state index contributed by atoms with van der Waals surface area (Å²) in [6.45, 7) is 12.2. The zero-order valence-electron chi connectivity index (χ0n) is 11.2. The van der Waals surface area contributed by atoms with Crippen molar-refractivity contribution in [2.75, 3.05) is 0 Å². The van der Waals surface area contributed by atoms with Crippen molar-refractivity contribution < 1.29 is 19.6 Å². The number of rotatable bonds is 6. The molecule has 96 valence electrons. The molecule has 1 rings (SSSR count). The Morgan fingerprint density at radius 1 is 1.06 bits per heavy atom. The second kappa shape index (κ2) is 5.00. The minimum Gasteiger partial charge on any atom is -0.230 e. The lowest BCUT2D eigenvalue weighted by molar-refractivity contribution is -0.406. The standard InChI is InChI=1S/C12H24O4/c1-9(2)7-8-12(6,10-13-14-10)16-15-11(3,4)5/h9-10H,7-8H2,1-6H3. The molecule has 4 nitrogen and oxygen atoms in total. The minimum absolute atomic E-state index is 0.298. The lowest BCUT2D eigenvalue weighted by atomic mass is 9.95. The third kappa shape index (κ3) is 4.78. The highest BCUT2D eigenvalue weighted by molar-refractivity contribution is 4.81. The maximum absolute atomic E-state index is 5.52. The van der Waals surface area contributed by atoms with Gasteiger partial charge in [-0.05, 0) is 46.5 Å². The molecule has 0 amide bonds. The van der Waals surface area contributed by atoms with Crippen molar-refractivity contribution in [2.45, 2.75) is 71.9 Å². The van der Waals surface area contributed by atoms with Crippen LogP contribution in [0, 0.1) is 5.92 Å². The van der Waals surface area contributed by atoms with Gasteiger partial charge in [-0.25, -0.2) is 9.78 Å². The van der Waals surface area contributed by atoms with E-state index in [9.17, 15) is 0 Å². The highest BCUT2D eigenvalue weighted by Crippen LogP contribution is 2.35. The maximum Gasteiger partial charge on any atom is 0.256 e. The highest BCUT2D eigenvalue weighted by atomic mass is 17.4. The van der Waals surface area contributed by atoms with Gasteiger partial charge in [-0.3, -0.25) is 0 Å². The van der Waals surface area contributed by atoms with Crippen LogP contribution in [-0.4, -0.2) is 17.5 Å². The van der Waals surface area contributed by atoms with Crippen LogP contribution in [0.4, 0.5) is 0 Å². The molecule has 1 saturated heterocycles. The van der Waals surface area contributed by atoms with E-state index in [0.29, 0.717) is 5.92 Å². The van der Waals surface area contributed by atoms with Gasteiger partial charge in [0.1, 0.15) is 0 Å². The topological polar surface area (TPSA) is 43.5 Å². The molecule has 0 bridgehead atoms. The van der Waals surface area contributed by atoms with Crippen molar-refractivity contribution in [3.8, 4) is 0 Å². The molecule has 16 heavy (non-hydrogen) atoms. The van der Waals surface area contributed by atoms with Gasteiger partial charge in [-0.15, -0.1) is 0 Å². The van der Waals surface area contributed by atoms with Gasteiger partial charge in [0.25, 0.3) is 6.29 Å². The van der Waals surface area contributed by atoms with Crippen LogP contribution in [0.3, 0.4) is 0 Å². The molecule has 0 saturated carbocycles. The van der Waals surface area contributed by atoms with E-state index in [2.05, 4.69) is 13.8 Å². The van der Waals surface area contributed by atoms with Gasteiger partial charge in [0, 0.05) is 0 Å². The lowest BCUT2D eigenvalue weighted by Crippen LogP contribution is -2.38. The number of hydrogen-bond donors (Lipinski definition) is 0. The van der Waals surface area contributed by atoms with Gasteiger partial charge >= 0.3 is 0 Å². The molecule has 0 aromatic carbocycles. The first kappa shape index (κ1) is 13.9. The number of hydrogen-bond acceptors (Lipinski definition) is 4. The van der Waals surface area contributed by atoms with Crippen molar-refractivity contribution in [1.29, 1.82) is 0 Å². The van der Waals surface area contributed by atoms with E-state index in [0.717, 1.165) is 12.8 Å². The SMILES string of the molecule is CC(C)CCC(C)(OOC(C)(C)C)C1OO1. The Morgan fingerprint density at radius 2 is 1.62 bits per heavy atom. The van der Waals surface area contributed by atoms with Crippen molar-refractivity contribution in [3.63, 3.8) is 0 Å². The highest BCUT2D eigenvalue weighted by Gasteiger charge is 2.49. The molecule has 4 heteroatoms. The molecule has 1 heterocycles. The summed E-state index contributed by atoms with van der Waals surface area (Å²) in [6, 6.07) is 0. The molecule has 0 radical (unpaired) electrons. The van der Waals surface area contributed by atoms with E-state index < -0.39 is 5.60 Å². The third-order valence-electron chi connectivity index (χ3n) is 2.39. The van der Waals surface area contributed by atoms with Crippen LogP contribution in [0.15, 0.2) is 0 Å². The summed E-state index contributed by atoms with van der Waals surface area (Å²) in [4.78, 5) is 20.6. The fraction of sp³-hybridized carbons (Fsp3) is 1.00. The zero-order valence-corrected chi connectivity index (χ0v) is 11.2. The Kier molecular flexibility index (Phi) is 4.35. The van der Waals surface area contributed by atoms with Crippen LogP contribution in [0.5, 0.6) is 0 Å². The molecule has 1 atom stereocenters. The Morgan fingerprint density at radius 3 is 2.00 bits per heavy atom. The van der Waals surface area contributed by atoms with E-state index in [4.69, 9.17) is 19.6 Å². The first-order valence-electron chi connectivity index (χ1n) is 5.92. The minimum atomic E-state index is -0.516. The molecule has 1 fully saturated rings. The average Bonchev–Trinajstić information content (AvgIpc) is 2.93. The second-order valence-corrected chi connectivity index (χ2v) is 6.05. The van der Waals surface area contributed by atoms with Crippen molar-refractivity contribution >= 4 is 0 Å². The molecule has 1 aliphatic heterocycles. The lowest BCUT2D eigenvalue weighted by Gasteiger charge is -2.29. The van der Waals surface area contributed by atoms with Crippen LogP contribution < -0.4 is 0 Å². The molecule has 0 aromatic rings. The van der Waals surface area contributed by atoms with Crippen LogP contribution >= 0.6 is 0 Å². The Balaban J connectivity index is 2.45. The normalized spacial score (nSPS) is 21.2. The molecule has 1 unspecified atom stereocenters.